The summed E-state index contributed by atoms with van der Waals surface area (Å²) in [6.45, 7) is 0. The van der Waals surface area contributed by atoms with E-state index in [1.54, 1.807) is 32.4 Å². The molecule has 3 aromatic rings. The van der Waals surface area contributed by atoms with E-state index in [9.17, 15) is 4.79 Å². The molecule has 5 nitrogen and oxygen atoms in total. The minimum Gasteiger partial charge on any atom is -0.493 e. The Balaban J connectivity index is 1.68. The summed E-state index contributed by atoms with van der Waals surface area (Å²) in [6.07, 6.45) is 3.18. The third kappa shape index (κ3) is 4.87. The van der Waals surface area contributed by atoms with Gasteiger partial charge in [0, 0.05) is 22.0 Å². The van der Waals surface area contributed by atoms with E-state index in [-0.39, 0.29) is 5.91 Å². The van der Waals surface area contributed by atoms with Crippen molar-refractivity contribution in [1.29, 1.82) is 0 Å². The van der Waals surface area contributed by atoms with Crippen LogP contribution < -0.4 is 14.8 Å². The predicted octanol–water partition coefficient (Wildman–Crippen LogP) is 5.13. The number of amides is 1. The first kappa shape index (κ1) is 18.9. The predicted molar refractivity (Wildman–Crippen MR) is 110 cm³/mol. The second-order valence-corrected chi connectivity index (χ2v) is 6.78. The Morgan fingerprint density at radius 3 is 2.56 bits per heavy atom. The van der Waals surface area contributed by atoms with Crippen molar-refractivity contribution in [3.63, 3.8) is 0 Å². The molecule has 0 radical (unpaired) electrons. The highest BCUT2D eigenvalue weighted by molar-refractivity contribution is 7.14. The van der Waals surface area contributed by atoms with Crippen LogP contribution in [0, 0.1) is 0 Å². The summed E-state index contributed by atoms with van der Waals surface area (Å²) in [6, 6.07) is 12.8. The van der Waals surface area contributed by atoms with E-state index in [1.807, 2.05) is 35.7 Å². The molecule has 1 aromatic heterocycles. The lowest BCUT2D eigenvalue weighted by atomic mass is 10.1. The lowest BCUT2D eigenvalue weighted by molar-refractivity contribution is -0.111. The number of hydrogen-bond acceptors (Lipinski definition) is 5. The lowest BCUT2D eigenvalue weighted by Gasteiger charge is -2.08. The first-order valence-electron chi connectivity index (χ1n) is 8.01. The zero-order chi connectivity index (χ0) is 19.2. The fourth-order valence-electron chi connectivity index (χ4n) is 2.35. The quantitative estimate of drug-likeness (QED) is 0.582. The van der Waals surface area contributed by atoms with Crippen LogP contribution in [-0.2, 0) is 4.79 Å². The molecule has 0 saturated carbocycles. The van der Waals surface area contributed by atoms with Crippen LogP contribution in [0.3, 0.4) is 0 Å². The van der Waals surface area contributed by atoms with Crippen molar-refractivity contribution < 1.29 is 14.3 Å². The minimum absolute atomic E-state index is 0.252. The Morgan fingerprint density at radius 1 is 1.11 bits per heavy atom. The average molecular weight is 401 g/mol. The molecule has 0 saturated heterocycles. The average Bonchev–Trinajstić information content (AvgIpc) is 3.15. The van der Waals surface area contributed by atoms with Crippen molar-refractivity contribution in [2.75, 3.05) is 19.5 Å². The fourth-order valence-corrected chi connectivity index (χ4v) is 3.20. The molecule has 0 fully saturated rings. The monoisotopic (exact) mass is 400 g/mol. The molecule has 3 rings (SSSR count). The number of halogens is 1. The van der Waals surface area contributed by atoms with Crippen LogP contribution in [0.15, 0.2) is 53.9 Å². The number of aromatic nitrogens is 1. The Bertz CT molecular complexity index is 968. The van der Waals surface area contributed by atoms with Crippen LogP contribution in [0.25, 0.3) is 17.3 Å². The molecule has 7 heteroatoms. The fraction of sp³-hybridized carbons (Fsp3) is 0.100. The maximum atomic E-state index is 12.1. The number of ether oxygens (including phenoxy) is 2. The summed E-state index contributed by atoms with van der Waals surface area (Å²) in [4.78, 5) is 16.5. The van der Waals surface area contributed by atoms with E-state index in [1.165, 1.54) is 17.4 Å². The van der Waals surface area contributed by atoms with Crippen molar-refractivity contribution in [2.45, 2.75) is 0 Å². The summed E-state index contributed by atoms with van der Waals surface area (Å²) >= 11 is 7.20. The van der Waals surface area contributed by atoms with Crippen LogP contribution in [0.2, 0.25) is 5.02 Å². The van der Waals surface area contributed by atoms with Gasteiger partial charge in [0.25, 0.3) is 0 Å². The van der Waals surface area contributed by atoms with Gasteiger partial charge in [0.05, 0.1) is 19.9 Å². The highest BCUT2D eigenvalue weighted by Crippen LogP contribution is 2.33. The van der Waals surface area contributed by atoms with Gasteiger partial charge in [-0.1, -0.05) is 23.7 Å². The zero-order valence-electron chi connectivity index (χ0n) is 14.7. The number of hydrogen-bond donors (Lipinski definition) is 1. The molecule has 2 aromatic carbocycles. The number of carbonyl (C=O) groups excluding carboxylic acids is 1. The molecule has 27 heavy (non-hydrogen) atoms. The molecule has 0 aliphatic rings. The highest BCUT2D eigenvalue weighted by Gasteiger charge is 2.10. The topological polar surface area (TPSA) is 60.5 Å². The van der Waals surface area contributed by atoms with Crippen LogP contribution >= 0.6 is 22.9 Å². The summed E-state index contributed by atoms with van der Waals surface area (Å²) in [5.74, 6) is 1.02. The van der Waals surface area contributed by atoms with Crippen LogP contribution in [-0.4, -0.2) is 25.1 Å². The van der Waals surface area contributed by atoms with E-state index >= 15 is 0 Å². The Kier molecular flexibility index (Phi) is 6.11. The van der Waals surface area contributed by atoms with Crippen molar-refractivity contribution in [3.8, 4) is 22.8 Å². The standard InChI is InChI=1S/C20H17ClN2O3S/c1-25-17-9-6-14(11-18(17)26-2)16-12-27-20(22-16)23-19(24)10-5-13-3-7-15(21)8-4-13/h3-12H,1-2H3,(H,22,23,24)/b10-5+. The summed E-state index contributed by atoms with van der Waals surface area (Å²) < 4.78 is 10.6. The van der Waals surface area contributed by atoms with E-state index < -0.39 is 0 Å². The summed E-state index contributed by atoms with van der Waals surface area (Å²) in [7, 11) is 3.17. The highest BCUT2D eigenvalue weighted by atomic mass is 35.5. The Morgan fingerprint density at radius 2 is 1.85 bits per heavy atom. The summed E-state index contributed by atoms with van der Waals surface area (Å²) in [5, 5.41) is 5.81. The molecular weight excluding hydrogens is 384 g/mol. The SMILES string of the molecule is COc1ccc(-c2csc(NC(=O)/C=C/c3ccc(Cl)cc3)n2)cc1OC. The van der Waals surface area contributed by atoms with Gasteiger partial charge in [-0.15, -0.1) is 11.3 Å². The lowest BCUT2D eigenvalue weighted by Crippen LogP contribution is -2.07. The number of thiazole rings is 1. The molecule has 1 N–H and O–H groups in total. The largest absolute Gasteiger partial charge is 0.493 e. The van der Waals surface area contributed by atoms with Gasteiger partial charge in [-0.05, 0) is 42.0 Å². The number of benzene rings is 2. The van der Waals surface area contributed by atoms with Gasteiger partial charge < -0.3 is 9.47 Å². The smallest absolute Gasteiger partial charge is 0.250 e. The second-order valence-electron chi connectivity index (χ2n) is 5.48. The number of rotatable bonds is 6. The van der Waals surface area contributed by atoms with Gasteiger partial charge in [0.1, 0.15) is 0 Å². The molecular formula is C20H17ClN2O3S. The van der Waals surface area contributed by atoms with E-state index in [4.69, 9.17) is 21.1 Å². The number of anilines is 1. The van der Waals surface area contributed by atoms with Gasteiger partial charge in [-0.2, -0.15) is 0 Å². The van der Waals surface area contributed by atoms with Gasteiger partial charge in [-0.25, -0.2) is 4.98 Å². The molecule has 0 atom stereocenters. The molecule has 0 aliphatic carbocycles. The molecule has 138 valence electrons. The second kappa shape index (κ2) is 8.70. The van der Waals surface area contributed by atoms with Gasteiger partial charge in [0.2, 0.25) is 5.91 Å². The van der Waals surface area contributed by atoms with Gasteiger partial charge >= 0.3 is 0 Å². The number of nitrogens with zero attached hydrogens (tertiary/aromatic N) is 1. The van der Waals surface area contributed by atoms with Gasteiger partial charge in [-0.3, -0.25) is 10.1 Å². The number of methoxy groups -OCH3 is 2. The van der Waals surface area contributed by atoms with E-state index in [2.05, 4.69) is 10.3 Å². The minimum atomic E-state index is -0.252. The zero-order valence-corrected chi connectivity index (χ0v) is 16.3. The van der Waals surface area contributed by atoms with Gasteiger partial charge in [0.15, 0.2) is 16.6 Å². The molecule has 0 spiro atoms. The van der Waals surface area contributed by atoms with Crippen LogP contribution in [0.1, 0.15) is 5.56 Å². The summed E-state index contributed by atoms with van der Waals surface area (Å²) in [5.41, 5.74) is 2.51. The molecule has 0 unspecified atom stereocenters. The van der Waals surface area contributed by atoms with Crippen LogP contribution in [0.5, 0.6) is 11.5 Å². The number of nitrogens with one attached hydrogen (secondary N) is 1. The van der Waals surface area contributed by atoms with Crippen LogP contribution in [0.4, 0.5) is 5.13 Å². The first-order valence-corrected chi connectivity index (χ1v) is 9.27. The Hall–Kier alpha value is -2.83. The first-order chi connectivity index (χ1) is 13.1. The number of carbonyl (C=O) groups is 1. The van der Waals surface area contributed by atoms with Crippen molar-refractivity contribution >= 4 is 40.1 Å². The maximum Gasteiger partial charge on any atom is 0.250 e. The Labute approximate surface area is 166 Å². The molecule has 0 aliphatic heterocycles. The van der Waals surface area contributed by atoms with Crippen molar-refractivity contribution in [1.82, 2.24) is 4.98 Å². The third-order valence-corrected chi connectivity index (χ3v) is 4.72. The molecule has 1 heterocycles. The van der Waals surface area contributed by atoms with E-state index in [0.717, 1.165) is 16.8 Å². The molecule has 0 bridgehead atoms. The van der Waals surface area contributed by atoms with Crippen molar-refractivity contribution in [3.05, 3.63) is 64.5 Å². The van der Waals surface area contributed by atoms with Crippen molar-refractivity contribution in [2.24, 2.45) is 0 Å². The third-order valence-electron chi connectivity index (χ3n) is 3.71. The normalized spacial score (nSPS) is 10.8. The van der Waals surface area contributed by atoms with E-state index in [0.29, 0.717) is 21.7 Å². The maximum absolute atomic E-state index is 12.1. The molecule has 1 amide bonds.